The van der Waals surface area contributed by atoms with Crippen LogP contribution in [0.2, 0.25) is 0 Å². The molecular weight excluding hydrogens is 208 g/mol. The molecule has 0 aliphatic rings. The highest BCUT2D eigenvalue weighted by molar-refractivity contribution is 7.99. The van der Waals surface area contributed by atoms with E-state index in [0.29, 0.717) is 5.92 Å². The van der Waals surface area contributed by atoms with Gasteiger partial charge < -0.3 is 9.84 Å². The van der Waals surface area contributed by atoms with E-state index >= 15 is 0 Å². The van der Waals surface area contributed by atoms with Gasteiger partial charge in [0.2, 0.25) is 0 Å². The molecule has 0 spiro atoms. The molecule has 0 aromatic heterocycles. The zero-order valence-corrected chi connectivity index (χ0v) is 10.1. The lowest BCUT2D eigenvalue weighted by Crippen LogP contribution is -2.07. The van der Waals surface area contributed by atoms with E-state index in [-0.39, 0.29) is 6.61 Å². The number of para-hydroxylation sites is 1. The summed E-state index contributed by atoms with van der Waals surface area (Å²) in [6.45, 7) is 2.36. The molecular formula is C12H18O2S. The van der Waals surface area contributed by atoms with Gasteiger partial charge in [-0.05, 0) is 18.1 Å². The van der Waals surface area contributed by atoms with Gasteiger partial charge in [0.25, 0.3) is 0 Å². The first-order valence-corrected chi connectivity index (χ1v) is 6.17. The average Bonchev–Trinajstić information content (AvgIpc) is 2.31. The number of ether oxygens (including phenoxy) is 1. The van der Waals surface area contributed by atoms with Crippen LogP contribution in [0.25, 0.3) is 0 Å². The van der Waals surface area contributed by atoms with Crippen molar-refractivity contribution in [3.05, 3.63) is 24.3 Å². The highest BCUT2D eigenvalue weighted by atomic mass is 32.2. The molecule has 1 aromatic carbocycles. The van der Waals surface area contributed by atoms with E-state index in [1.807, 2.05) is 24.3 Å². The fraction of sp³-hybridized carbons (Fsp3) is 0.500. The van der Waals surface area contributed by atoms with E-state index in [9.17, 15) is 0 Å². The lowest BCUT2D eigenvalue weighted by Gasteiger charge is -2.12. The first kappa shape index (κ1) is 12.4. The van der Waals surface area contributed by atoms with Gasteiger partial charge >= 0.3 is 0 Å². The maximum absolute atomic E-state index is 9.09. The zero-order valence-electron chi connectivity index (χ0n) is 9.27. The smallest absolute Gasteiger partial charge is 0.132 e. The fourth-order valence-corrected chi connectivity index (χ4v) is 2.47. The van der Waals surface area contributed by atoms with Gasteiger partial charge in [0.1, 0.15) is 5.75 Å². The van der Waals surface area contributed by atoms with Crippen molar-refractivity contribution in [2.75, 3.05) is 19.5 Å². The summed E-state index contributed by atoms with van der Waals surface area (Å²) in [5.74, 6) is 2.23. The van der Waals surface area contributed by atoms with Gasteiger partial charge in [0, 0.05) is 17.3 Å². The number of rotatable bonds is 6. The van der Waals surface area contributed by atoms with E-state index < -0.39 is 0 Å². The molecule has 1 unspecified atom stereocenters. The van der Waals surface area contributed by atoms with Crippen molar-refractivity contribution in [1.29, 1.82) is 0 Å². The van der Waals surface area contributed by atoms with Crippen molar-refractivity contribution in [1.82, 2.24) is 0 Å². The Balaban J connectivity index is 2.56. The summed E-state index contributed by atoms with van der Waals surface area (Å²) >= 11 is 1.74. The number of hydrogen-bond acceptors (Lipinski definition) is 3. The van der Waals surface area contributed by atoms with E-state index in [4.69, 9.17) is 9.84 Å². The van der Waals surface area contributed by atoms with Crippen LogP contribution in [0.5, 0.6) is 5.75 Å². The van der Waals surface area contributed by atoms with Crippen LogP contribution < -0.4 is 4.74 Å². The largest absolute Gasteiger partial charge is 0.496 e. The van der Waals surface area contributed by atoms with Gasteiger partial charge in [0.15, 0.2) is 0 Å². The van der Waals surface area contributed by atoms with Crippen LogP contribution in [0.3, 0.4) is 0 Å². The predicted molar refractivity (Wildman–Crippen MR) is 64.6 cm³/mol. The topological polar surface area (TPSA) is 29.5 Å². The molecule has 1 atom stereocenters. The molecule has 0 heterocycles. The lowest BCUT2D eigenvalue weighted by atomic mass is 10.1. The quantitative estimate of drug-likeness (QED) is 0.756. The molecule has 0 aliphatic heterocycles. The maximum Gasteiger partial charge on any atom is 0.132 e. The van der Waals surface area contributed by atoms with E-state index in [2.05, 4.69) is 6.92 Å². The van der Waals surface area contributed by atoms with Crippen LogP contribution in [0.4, 0.5) is 0 Å². The molecule has 1 aromatic rings. The molecule has 0 aliphatic carbocycles. The molecule has 1 N–H and O–H groups in total. The molecule has 84 valence electrons. The number of hydrogen-bond donors (Lipinski definition) is 1. The van der Waals surface area contributed by atoms with Crippen LogP contribution in [-0.2, 0) is 0 Å². The Morgan fingerprint density at radius 3 is 2.73 bits per heavy atom. The highest BCUT2D eigenvalue weighted by Gasteiger charge is 2.07. The Morgan fingerprint density at radius 2 is 2.13 bits per heavy atom. The number of benzene rings is 1. The zero-order chi connectivity index (χ0) is 11.1. The number of aliphatic hydroxyl groups is 1. The molecule has 0 fully saturated rings. The first-order valence-electron chi connectivity index (χ1n) is 5.18. The summed E-state index contributed by atoms with van der Waals surface area (Å²) in [6.07, 6.45) is 1.01. The minimum Gasteiger partial charge on any atom is -0.496 e. The van der Waals surface area contributed by atoms with Gasteiger partial charge in [-0.1, -0.05) is 25.5 Å². The van der Waals surface area contributed by atoms with Gasteiger partial charge in [-0.3, -0.25) is 0 Å². The summed E-state index contributed by atoms with van der Waals surface area (Å²) < 4.78 is 5.26. The van der Waals surface area contributed by atoms with Crippen LogP contribution >= 0.6 is 11.8 Å². The van der Waals surface area contributed by atoms with Crippen LogP contribution in [0, 0.1) is 5.92 Å². The van der Waals surface area contributed by atoms with Crippen molar-refractivity contribution in [3.63, 3.8) is 0 Å². The Hall–Kier alpha value is -0.670. The lowest BCUT2D eigenvalue weighted by molar-refractivity contribution is 0.237. The van der Waals surface area contributed by atoms with Crippen LogP contribution in [0.1, 0.15) is 13.3 Å². The molecule has 0 amide bonds. The predicted octanol–water partition coefficient (Wildman–Crippen LogP) is 2.81. The SMILES string of the molecule is CCC(CO)CSc1ccccc1OC. The molecule has 3 heteroatoms. The number of methoxy groups -OCH3 is 1. The van der Waals surface area contributed by atoms with Gasteiger partial charge in [0.05, 0.1) is 7.11 Å². The Kier molecular flexibility index (Phi) is 5.58. The van der Waals surface area contributed by atoms with Crippen molar-refractivity contribution >= 4 is 11.8 Å². The summed E-state index contributed by atoms with van der Waals surface area (Å²) in [5.41, 5.74) is 0. The molecule has 15 heavy (non-hydrogen) atoms. The molecule has 0 radical (unpaired) electrons. The van der Waals surface area contributed by atoms with Gasteiger partial charge in [-0.2, -0.15) is 0 Å². The average molecular weight is 226 g/mol. The normalized spacial score (nSPS) is 12.5. The second kappa shape index (κ2) is 6.75. The summed E-state index contributed by atoms with van der Waals surface area (Å²) in [7, 11) is 1.68. The molecule has 0 bridgehead atoms. The van der Waals surface area contributed by atoms with Crippen LogP contribution in [0.15, 0.2) is 29.2 Å². The third kappa shape index (κ3) is 3.76. The maximum atomic E-state index is 9.09. The van der Waals surface area contributed by atoms with Gasteiger partial charge in [-0.15, -0.1) is 11.8 Å². The van der Waals surface area contributed by atoms with Crippen molar-refractivity contribution in [3.8, 4) is 5.75 Å². The first-order chi connectivity index (χ1) is 7.31. The van der Waals surface area contributed by atoms with E-state index in [1.165, 1.54) is 0 Å². The second-order valence-electron chi connectivity index (χ2n) is 3.42. The highest BCUT2D eigenvalue weighted by Crippen LogP contribution is 2.30. The van der Waals surface area contributed by atoms with Crippen LogP contribution in [-0.4, -0.2) is 24.6 Å². The summed E-state index contributed by atoms with van der Waals surface area (Å²) in [4.78, 5) is 1.15. The summed E-state index contributed by atoms with van der Waals surface area (Å²) in [6, 6.07) is 7.98. The minimum absolute atomic E-state index is 0.263. The Labute approximate surface area is 95.7 Å². The van der Waals surface area contributed by atoms with Crippen molar-refractivity contribution < 1.29 is 9.84 Å². The molecule has 0 saturated heterocycles. The number of aliphatic hydroxyl groups excluding tert-OH is 1. The Bertz CT molecular complexity index is 285. The van der Waals surface area contributed by atoms with E-state index in [1.54, 1.807) is 18.9 Å². The second-order valence-corrected chi connectivity index (χ2v) is 4.48. The number of thioether (sulfide) groups is 1. The van der Waals surface area contributed by atoms with Crippen molar-refractivity contribution in [2.24, 2.45) is 5.92 Å². The third-order valence-corrected chi connectivity index (χ3v) is 3.67. The standard InChI is InChI=1S/C12H18O2S/c1-3-10(8-13)9-15-12-7-5-4-6-11(12)14-2/h4-7,10,13H,3,8-9H2,1-2H3. The fourth-order valence-electron chi connectivity index (χ4n) is 1.25. The van der Waals surface area contributed by atoms with E-state index in [0.717, 1.165) is 22.8 Å². The van der Waals surface area contributed by atoms with Crippen molar-refractivity contribution in [2.45, 2.75) is 18.2 Å². The molecule has 2 nitrogen and oxygen atoms in total. The molecule has 0 saturated carbocycles. The van der Waals surface area contributed by atoms with Gasteiger partial charge in [-0.25, -0.2) is 0 Å². The molecule has 1 rings (SSSR count). The summed E-state index contributed by atoms with van der Waals surface area (Å²) in [5, 5.41) is 9.09. The monoisotopic (exact) mass is 226 g/mol. The third-order valence-electron chi connectivity index (χ3n) is 2.38. The minimum atomic E-state index is 0.263. The Morgan fingerprint density at radius 1 is 1.40 bits per heavy atom.